The van der Waals surface area contributed by atoms with E-state index in [9.17, 15) is 13.2 Å². The van der Waals surface area contributed by atoms with Crippen LogP contribution in [0.15, 0.2) is 71.8 Å². The lowest BCUT2D eigenvalue weighted by Crippen LogP contribution is -2.48. The van der Waals surface area contributed by atoms with Crippen molar-refractivity contribution in [2.24, 2.45) is 0 Å². The summed E-state index contributed by atoms with van der Waals surface area (Å²) in [6, 6.07) is 18.2. The Balaban J connectivity index is 1.41. The molecule has 0 spiro atoms. The van der Waals surface area contributed by atoms with E-state index in [1.54, 1.807) is 29.3 Å². The molecule has 37 heavy (non-hydrogen) atoms. The molecule has 1 amide bonds. The van der Waals surface area contributed by atoms with E-state index in [-0.39, 0.29) is 17.0 Å². The molecular weight excluding hydrogens is 488 g/mol. The second-order valence-corrected chi connectivity index (χ2v) is 12.2. The number of nitrogens with one attached hydrogen (secondary N) is 1. The summed E-state index contributed by atoms with van der Waals surface area (Å²) >= 11 is 0. The lowest BCUT2D eigenvalue weighted by atomic mass is 10.0. The molecule has 2 heterocycles. The van der Waals surface area contributed by atoms with Crippen molar-refractivity contribution >= 4 is 43.5 Å². The van der Waals surface area contributed by atoms with Crippen LogP contribution in [-0.2, 0) is 14.8 Å². The molecule has 1 aromatic heterocycles. The van der Waals surface area contributed by atoms with Gasteiger partial charge in [-0.05, 0) is 69.7 Å². The van der Waals surface area contributed by atoms with Crippen LogP contribution in [0.2, 0.25) is 0 Å². The van der Waals surface area contributed by atoms with E-state index in [4.69, 9.17) is 4.74 Å². The molecule has 0 saturated carbocycles. The number of hydrogen-bond donors (Lipinski definition) is 1. The van der Waals surface area contributed by atoms with Crippen molar-refractivity contribution in [1.82, 2.24) is 14.1 Å². The normalized spacial score (nSPS) is 16.7. The van der Waals surface area contributed by atoms with E-state index >= 15 is 0 Å². The smallest absolute Gasteiger partial charge is 0.410 e. The third kappa shape index (κ3) is 5.13. The fraction of sp³-hybridized carbons (Fsp3) is 0.357. The molecule has 0 bridgehead atoms. The third-order valence-electron chi connectivity index (χ3n) is 6.59. The number of anilines is 1. The number of ether oxygens (including phenoxy) is 1. The Labute approximate surface area is 217 Å². The standard InChI is InChI=1S/C28H32N4O4S/c1-28(2,3)36-27(33)31-16-7-6-11-23(31)19-29-22-15-14-21-18-30-32(25(21)17-22)37(34,35)26-13-8-10-20-9-4-5-12-24(20)26/h4-5,8-10,12-15,17-18,23,29H,6-7,11,16,19H2,1-3H3. The zero-order chi connectivity index (χ0) is 26.2. The summed E-state index contributed by atoms with van der Waals surface area (Å²) in [4.78, 5) is 14.8. The van der Waals surface area contributed by atoms with Crippen LogP contribution >= 0.6 is 0 Å². The number of fused-ring (bicyclic) bond motifs is 2. The first-order valence-corrected chi connectivity index (χ1v) is 14.0. The van der Waals surface area contributed by atoms with Crippen LogP contribution in [-0.4, -0.2) is 53.3 Å². The monoisotopic (exact) mass is 520 g/mol. The van der Waals surface area contributed by atoms with Gasteiger partial charge in [0.2, 0.25) is 0 Å². The molecule has 194 valence electrons. The van der Waals surface area contributed by atoms with Gasteiger partial charge in [0.25, 0.3) is 10.0 Å². The Bertz CT molecular complexity index is 1550. The third-order valence-corrected chi connectivity index (χ3v) is 8.25. The van der Waals surface area contributed by atoms with Gasteiger partial charge in [-0.2, -0.15) is 17.6 Å². The van der Waals surface area contributed by atoms with Gasteiger partial charge in [0.05, 0.1) is 22.7 Å². The maximum Gasteiger partial charge on any atom is 0.410 e. The molecule has 1 saturated heterocycles. The van der Waals surface area contributed by atoms with E-state index in [1.807, 2.05) is 63.2 Å². The topological polar surface area (TPSA) is 93.5 Å². The van der Waals surface area contributed by atoms with Crippen LogP contribution in [0.3, 0.4) is 0 Å². The van der Waals surface area contributed by atoms with Crippen molar-refractivity contribution in [1.29, 1.82) is 0 Å². The maximum atomic E-state index is 13.7. The van der Waals surface area contributed by atoms with Crippen LogP contribution in [0.1, 0.15) is 40.0 Å². The van der Waals surface area contributed by atoms with Crippen molar-refractivity contribution in [3.63, 3.8) is 0 Å². The number of piperidine rings is 1. The minimum absolute atomic E-state index is 0.0105. The van der Waals surface area contributed by atoms with Crippen molar-refractivity contribution in [2.45, 2.75) is 56.6 Å². The number of likely N-dealkylation sites (tertiary alicyclic amines) is 1. The molecule has 4 aromatic rings. The highest BCUT2D eigenvalue weighted by Gasteiger charge is 2.30. The molecule has 8 nitrogen and oxygen atoms in total. The number of rotatable bonds is 5. The van der Waals surface area contributed by atoms with Crippen molar-refractivity contribution in [3.05, 3.63) is 66.9 Å². The molecule has 9 heteroatoms. The van der Waals surface area contributed by atoms with E-state index in [2.05, 4.69) is 10.4 Å². The Hall–Kier alpha value is -3.59. The minimum atomic E-state index is -3.93. The largest absolute Gasteiger partial charge is 0.444 e. The summed E-state index contributed by atoms with van der Waals surface area (Å²) in [6.45, 7) is 6.80. The fourth-order valence-electron chi connectivity index (χ4n) is 4.82. The first kappa shape index (κ1) is 25.1. The van der Waals surface area contributed by atoms with Gasteiger partial charge < -0.3 is 15.0 Å². The number of carbonyl (C=O) groups excluding carboxylic acids is 1. The summed E-state index contributed by atoms with van der Waals surface area (Å²) in [5, 5.41) is 9.88. The van der Waals surface area contributed by atoms with Gasteiger partial charge in [0.15, 0.2) is 0 Å². The zero-order valence-corrected chi connectivity index (χ0v) is 22.2. The van der Waals surface area contributed by atoms with Crippen LogP contribution < -0.4 is 5.32 Å². The minimum Gasteiger partial charge on any atom is -0.444 e. The average Bonchev–Trinajstić information content (AvgIpc) is 3.30. The number of nitrogens with zero attached hydrogens (tertiary/aromatic N) is 3. The molecule has 1 atom stereocenters. The van der Waals surface area contributed by atoms with Gasteiger partial charge >= 0.3 is 6.09 Å². The zero-order valence-electron chi connectivity index (χ0n) is 21.3. The van der Waals surface area contributed by atoms with Crippen LogP contribution in [0.25, 0.3) is 21.7 Å². The molecule has 1 fully saturated rings. The van der Waals surface area contributed by atoms with E-state index < -0.39 is 15.6 Å². The van der Waals surface area contributed by atoms with Crippen molar-refractivity contribution < 1.29 is 17.9 Å². The average molecular weight is 521 g/mol. The number of amides is 1. The SMILES string of the molecule is CC(C)(C)OC(=O)N1CCCCC1CNc1ccc2cnn(S(=O)(=O)c3cccc4ccccc34)c2c1. The summed E-state index contributed by atoms with van der Waals surface area (Å²) < 4.78 is 34.1. The molecule has 1 aliphatic heterocycles. The number of aromatic nitrogens is 2. The number of carbonyl (C=O) groups is 1. The first-order valence-electron chi connectivity index (χ1n) is 12.6. The van der Waals surface area contributed by atoms with Crippen LogP contribution in [0.4, 0.5) is 10.5 Å². The van der Waals surface area contributed by atoms with Crippen molar-refractivity contribution in [2.75, 3.05) is 18.4 Å². The molecule has 1 N–H and O–H groups in total. The molecule has 3 aromatic carbocycles. The quantitative estimate of drug-likeness (QED) is 0.367. The predicted octanol–water partition coefficient (Wildman–Crippen LogP) is 5.63. The molecular formula is C28H32N4O4S. The number of hydrogen-bond acceptors (Lipinski definition) is 6. The summed E-state index contributed by atoms with van der Waals surface area (Å²) in [7, 11) is -3.93. The highest BCUT2D eigenvalue weighted by Crippen LogP contribution is 2.28. The van der Waals surface area contributed by atoms with E-state index in [0.717, 1.165) is 39.8 Å². The molecule has 1 aliphatic rings. The second-order valence-electron chi connectivity index (χ2n) is 10.4. The lowest BCUT2D eigenvalue weighted by molar-refractivity contribution is 0.0114. The second kappa shape index (κ2) is 9.70. The first-order chi connectivity index (χ1) is 17.6. The van der Waals surface area contributed by atoms with Crippen LogP contribution in [0.5, 0.6) is 0 Å². The summed E-state index contributed by atoms with van der Waals surface area (Å²) in [6.07, 6.45) is 4.14. The van der Waals surface area contributed by atoms with Gasteiger partial charge in [-0.1, -0.05) is 36.4 Å². The van der Waals surface area contributed by atoms with Gasteiger partial charge in [-0.3, -0.25) is 0 Å². The van der Waals surface area contributed by atoms with E-state index in [0.29, 0.717) is 24.0 Å². The van der Waals surface area contributed by atoms with E-state index in [1.165, 1.54) is 0 Å². The number of benzene rings is 3. The van der Waals surface area contributed by atoms with Crippen LogP contribution in [0, 0.1) is 0 Å². The fourth-order valence-corrected chi connectivity index (χ4v) is 6.31. The highest BCUT2D eigenvalue weighted by molar-refractivity contribution is 7.90. The maximum absolute atomic E-state index is 13.7. The van der Waals surface area contributed by atoms with Gasteiger partial charge in [-0.15, -0.1) is 0 Å². The molecule has 5 rings (SSSR count). The Morgan fingerprint density at radius 1 is 1.05 bits per heavy atom. The van der Waals surface area contributed by atoms with Gasteiger partial charge in [-0.25, -0.2) is 4.79 Å². The highest BCUT2D eigenvalue weighted by atomic mass is 32.2. The lowest BCUT2D eigenvalue weighted by Gasteiger charge is -2.37. The summed E-state index contributed by atoms with van der Waals surface area (Å²) in [5.74, 6) is 0. The molecule has 0 radical (unpaired) electrons. The Kier molecular flexibility index (Phi) is 6.58. The Morgan fingerprint density at radius 2 is 1.84 bits per heavy atom. The molecule has 0 aliphatic carbocycles. The van der Waals surface area contributed by atoms with Crippen molar-refractivity contribution in [3.8, 4) is 0 Å². The Morgan fingerprint density at radius 3 is 2.65 bits per heavy atom. The molecule has 1 unspecified atom stereocenters. The summed E-state index contributed by atoms with van der Waals surface area (Å²) in [5.41, 5.74) is 0.702. The van der Waals surface area contributed by atoms with Gasteiger partial charge in [0, 0.05) is 29.5 Å². The predicted molar refractivity (Wildman–Crippen MR) is 145 cm³/mol. The van der Waals surface area contributed by atoms with Gasteiger partial charge in [0.1, 0.15) is 5.60 Å².